The fraction of sp³-hybridized carbons (Fsp3) is 0.727. The maximum absolute atomic E-state index is 12.0. The van der Waals surface area contributed by atoms with Crippen LogP contribution in [0.15, 0.2) is 22.5 Å². The molecule has 1 N–H and O–H groups in total. The Bertz CT molecular complexity index is 627. The number of guanidine groups is 1. The molecule has 2 rings (SSSR count). The first-order chi connectivity index (χ1) is 14.5. The third kappa shape index (κ3) is 9.02. The summed E-state index contributed by atoms with van der Waals surface area (Å²) in [6.07, 6.45) is 4.88. The molecule has 1 amide bonds. The minimum Gasteiger partial charge on any atom is -0.383 e. The lowest BCUT2D eigenvalue weighted by Crippen LogP contribution is -2.46. The monoisotopic (exact) mass is 437 g/mol. The topological polar surface area (TPSA) is 60.4 Å². The van der Waals surface area contributed by atoms with Gasteiger partial charge in [-0.15, -0.1) is 11.3 Å². The van der Waals surface area contributed by atoms with Gasteiger partial charge in [-0.05, 0) is 56.6 Å². The molecule has 7 nitrogen and oxygen atoms in total. The number of hydrogen-bond donors (Lipinski definition) is 1. The van der Waals surface area contributed by atoms with E-state index in [0.717, 1.165) is 51.2 Å². The van der Waals surface area contributed by atoms with Gasteiger partial charge in [0.15, 0.2) is 5.96 Å². The fourth-order valence-corrected chi connectivity index (χ4v) is 4.22. The number of thiophene rings is 1. The third-order valence-electron chi connectivity index (χ3n) is 5.61. The smallest absolute Gasteiger partial charge is 0.243 e. The van der Waals surface area contributed by atoms with Crippen molar-refractivity contribution in [1.29, 1.82) is 0 Å². The van der Waals surface area contributed by atoms with Crippen LogP contribution in [0.25, 0.3) is 0 Å². The summed E-state index contributed by atoms with van der Waals surface area (Å²) in [4.78, 5) is 24.2. The maximum atomic E-state index is 12.0. The number of carbonyl (C=O) groups is 1. The number of carbonyl (C=O) groups excluding carboxylic acids is 1. The van der Waals surface area contributed by atoms with Gasteiger partial charge >= 0.3 is 0 Å². The molecule has 1 aliphatic rings. The average Bonchev–Trinajstić information content (AvgIpc) is 3.26. The molecular formula is C22H39N5O2S. The molecule has 8 heteroatoms. The van der Waals surface area contributed by atoms with Crippen LogP contribution in [0.4, 0.5) is 0 Å². The lowest BCUT2D eigenvalue weighted by Gasteiger charge is -2.34. The minimum atomic E-state index is 0.0258. The van der Waals surface area contributed by atoms with Crippen molar-refractivity contribution in [1.82, 2.24) is 20.0 Å². The van der Waals surface area contributed by atoms with Crippen LogP contribution in [-0.4, -0.2) is 94.1 Å². The number of nitrogens with one attached hydrogen (secondary N) is 1. The molecule has 2 heterocycles. The highest BCUT2D eigenvalue weighted by Gasteiger charge is 2.22. The van der Waals surface area contributed by atoms with Gasteiger partial charge in [-0.25, -0.2) is 4.99 Å². The number of rotatable bonds is 11. The molecule has 0 bridgehead atoms. The summed E-state index contributed by atoms with van der Waals surface area (Å²) in [5.41, 5.74) is 0. The number of hydrogen-bond acceptors (Lipinski definition) is 5. The largest absolute Gasteiger partial charge is 0.383 e. The van der Waals surface area contributed by atoms with E-state index in [0.29, 0.717) is 0 Å². The van der Waals surface area contributed by atoms with Crippen LogP contribution >= 0.6 is 11.3 Å². The van der Waals surface area contributed by atoms with Gasteiger partial charge in [0, 0.05) is 45.7 Å². The average molecular weight is 438 g/mol. The number of piperidine rings is 1. The Morgan fingerprint density at radius 2 is 2.07 bits per heavy atom. The quantitative estimate of drug-likeness (QED) is 0.425. The number of amides is 1. The number of ether oxygens (including phenoxy) is 1. The molecule has 1 fully saturated rings. The van der Waals surface area contributed by atoms with Crippen LogP contribution in [0.3, 0.4) is 0 Å². The molecule has 0 saturated carbocycles. The Labute approximate surface area is 186 Å². The Kier molecular flexibility index (Phi) is 11.2. The molecule has 1 aromatic heterocycles. The van der Waals surface area contributed by atoms with Crippen LogP contribution in [0, 0.1) is 5.92 Å². The van der Waals surface area contributed by atoms with Gasteiger partial charge in [0.2, 0.25) is 5.91 Å². The Morgan fingerprint density at radius 3 is 2.70 bits per heavy atom. The Balaban J connectivity index is 1.80. The summed E-state index contributed by atoms with van der Waals surface area (Å²) in [7, 11) is 7.47. The normalized spacial score (nSPS) is 15.6. The predicted molar refractivity (Wildman–Crippen MR) is 125 cm³/mol. The first kappa shape index (κ1) is 24.6. The lowest BCUT2D eigenvalue weighted by molar-refractivity contribution is -0.127. The van der Waals surface area contributed by atoms with Crippen molar-refractivity contribution in [2.24, 2.45) is 10.9 Å². The van der Waals surface area contributed by atoms with E-state index in [1.807, 2.05) is 0 Å². The second kappa shape index (κ2) is 13.6. The minimum absolute atomic E-state index is 0.0258. The molecule has 1 aromatic rings. The van der Waals surface area contributed by atoms with Crippen LogP contribution in [0.5, 0.6) is 0 Å². The Morgan fingerprint density at radius 1 is 1.30 bits per heavy atom. The van der Waals surface area contributed by atoms with Crippen molar-refractivity contribution in [3.63, 3.8) is 0 Å². The summed E-state index contributed by atoms with van der Waals surface area (Å²) in [6.45, 7) is 5.86. The molecule has 0 spiro atoms. The molecule has 0 radical (unpaired) electrons. The van der Waals surface area contributed by atoms with Crippen LogP contribution in [0.1, 0.15) is 30.6 Å². The van der Waals surface area contributed by atoms with Crippen molar-refractivity contribution >= 4 is 23.2 Å². The first-order valence-electron chi connectivity index (χ1n) is 10.9. The van der Waals surface area contributed by atoms with Crippen molar-refractivity contribution in [3.05, 3.63) is 22.4 Å². The molecule has 30 heavy (non-hydrogen) atoms. The van der Waals surface area contributed by atoms with E-state index < -0.39 is 0 Å². The van der Waals surface area contributed by atoms with Crippen molar-refractivity contribution in [2.45, 2.75) is 32.2 Å². The summed E-state index contributed by atoms with van der Waals surface area (Å²) in [5.74, 6) is 1.66. The molecule has 170 valence electrons. The third-order valence-corrected chi connectivity index (χ3v) is 6.48. The van der Waals surface area contributed by atoms with Gasteiger partial charge in [-0.2, -0.15) is 0 Å². The van der Waals surface area contributed by atoms with E-state index in [2.05, 4.69) is 44.7 Å². The zero-order chi connectivity index (χ0) is 21.8. The zero-order valence-electron chi connectivity index (χ0n) is 19.1. The van der Waals surface area contributed by atoms with E-state index >= 15 is 0 Å². The van der Waals surface area contributed by atoms with Crippen LogP contribution < -0.4 is 5.32 Å². The first-order valence-corrected chi connectivity index (χ1v) is 11.8. The molecular weight excluding hydrogens is 398 g/mol. The molecule has 0 aromatic carbocycles. The Hall–Kier alpha value is -1.64. The molecule has 0 unspecified atom stereocenters. The van der Waals surface area contributed by atoms with Crippen molar-refractivity contribution < 1.29 is 9.53 Å². The second-order valence-corrected chi connectivity index (χ2v) is 9.26. The van der Waals surface area contributed by atoms with E-state index in [-0.39, 0.29) is 12.5 Å². The highest BCUT2D eigenvalue weighted by molar-refractivity contribution is 7.09. The molecule has 1 aliphatic heterocycles. The molecule has 0 atom stereocenters. The second-order valence-electron chi connectivity index (χ2n) is 8.23. The van der Waals surface area contributed by atoms with Gasteiger partial charge in [0.25, 0.3) is 0 Å². The highest BCUT2D eigenvalue weighted by Crippen LogP contribution is 2.22. The van der Waals surface area contributed by atoms with Crippen LogP contribution in [0.2, 0.25) is 0 Å². The van der Waals surface area contributed by atoms with E-state index in [9.17, 15) is 4.79 Å². The number of nitrogens with zero attached hydrogens (tertiary/aromatic N) is 4. The van der Waals surface area contributed by atoms with E-state index in [4.69, 9.17) is 4.74 Å². The van der Waals surface area contributed by atoms with Crippen molar-refractivity contribution in [3.8, 4) is 0 Å². The van der Waals surface area contributed by atoms with Gasteiger partial charge in [0.05, 0.1) is 13.2 Å². The SMILES string of the molecule is COCCN(C)CCCC1CCN(C(=NCC(=O)N(C)C)NCc2cccs2)CC1. The number of likely N-dealkylation sites (N-methyl/N-ethyl adjacent to an activating group) is 2. The zero-order valence-corrected chi connectivity index (χ0v) is 19.9. The summed E-state index contributed by atoms with van der Waals surface area (Å²) in [6, 6.07) is 4.18. The molecule has 0 aliphatic carbocycles. The van der Waals surface area contributed by atoms with Gasteiger partial charge in [-0.1, -0.05) is 6.07 Å². The van der Waals surface area contributed by atoms with Gasteiger partial charge in [0.1, 0.15) is 6.54 Å². The van der Waals surface area contributed by atoms with E-state index in [1.165, 1.54) is 30.6 Å². The van der Waals surface area contributed by atoms with Crippen LogP contribution in [-0.2, 0) is 16.1 Å². The van der Waals surface area contributed by atoms with Crippen molar-refractivity contribution in [2.75, 3.05) is 67.6 Å². The van der Waals surface area contributed by atoms with Gasteiger partial charge < -0.3 is 24.8 Å². The fourth-order valence-electron chi connectivity index (χ4n) is 3.57. The maximum Gasteiger partial charge on any atom is 0.243 e. The molecule has 1 saturated heterocycles. The highest BCUT2D eigenvalue weighted by atomic mass is 32.1. The summed E-state index contributed by atoms with van der Waals surface area (Å²) in [5, 5.41) is 5.56. The standard InChI is InChI=1S/C22H39N5O2S/c1-25(2)21(28)18-24-22(23-17-20-8-6-16-30-20)27-12-9-19(10-13-27)7-5-11-26(3)14-15-29-4/h6,8,16,19H,5,7,9-15,17-18H2,1-4H3,(H,23,24). The predicted octanol–water partition coefficient (Wildman–Crippen LogP) is 2.35. The summed E-state index contributed by atoms with van der Waals surface area (Å²) < 4.78 is 5.15. The number of methoxy groups -OCH3 is 1. The summed E-state index contributed by atoms with van der Waals surface area (Å²) >= 11 is 1.73. The number of likely N-dealkylation sites (tertiary alicyclic amines) is 1. The number of aliphatic imine (C=N–C) groups is 1. The van der Waals surface area contributed by atoms with Gasteiger partial charge in [-0.3, -0.25) is 4.79 Å². The van der Waals surface area contributed by atoms with E-state index in [1.54, 1.807) is 37.4 Å². The lowest BCUT2D eigenvalue weighted by atomic mass is 9.92.